The molecule has 0 atom stereocenters. The standard InChI is InChI=1S/C18H19N3O4/c1-25-15-8-2-12(3-9-15)10-11-20-17(23)18(24)21-16(22)13-4-6-14(19)7-5-13/h2-9H,10-11,19H2,1H3,(H,20,23)(H,21,22,24). The second-order valence-corrected chi connectivity index (χ2v) is 5.26. The number of nitrogens with two attached hydrogens (primary N) is 1. The number of hydrogen-bond donors (Lipinski definition) is 3. The van der Waals surface area contributed by atoms with Crippen LogP contribution in [0.25, 0.3) is 0 Å². The molecule has 3 amide bonds. The molecule has 0 spiro atoms. The molecule has 7 heteroatoms. The highest BCUT2D eigenvalue weighted by molar-refractivity contribution is 6.38. The molecule has 0 heterocycles. The molecule has 0 saturated heterocycles. The van der Waals surface area contributed by atoms with Crippen molar-refractivity contribution in [2.75, 3.05) is 19.4 Å². The molecule has 0 fully saturated rings. The number of hydrogen-bond acceptors (Lipinski definition) is 5. The van der Waals surface area contributed by atoms with Crippen molar-refractivity contribution < 1.29 is 19.1 Å². The van der Waals surface area contributed by atoms with E-state index in [1.165, 1.54) is 24.3 Å². The molecule has 25 heavy (non-hydrogen) atoms. The highest BCUT2D eigenvalue weighted by Gasteiger charge is 2.17. The van der Waals surface area contributed by atoms with Gasteiger partial charge < -0.3 is 15.8 Å². The molecule has 0 aromatic heterocycles. The minimum Gasteiger partial charge on any atom is -0.497 e. The highest BCUT2D eigenvalue weighted by atomic mass is 16.5. The summed E-state index contributed by atoms with van der Waals surface area (Å²) in [5.41, 5.74) is 7.25. The lowest BCUT2D eigenvalue weighted by molar-refractivity contribution is -0.138. The van der Waals surface area contributed by atoms with Gasteiger partial charge in [-0.25, -0.2) is 0 Å². The van der Waals surface area contributed by atoms with Gasteiger partial charge >= 0.3 is 11.8 Å². The predicted molar refractivity (Wildman–Crippen MR) is 93.0 cm³/mol. The minimum absolute atomic E-state index is 0.244. The van der Waals surface area contributed by atoms with Crippen LogP contribution >= 0.6 is 0 Å². The Bertz CT molecular complexity index is 755. The summed E-state index contributed by atoms with van der Waals surface area (Å²) in [5, 5.41) is 4.50. The Morgan fingerprint density at radius 1 is 0.960 bits per heavy atom. The Kier molecular flexibility index (Phi) is 6.11. The lowest BCUT2D eigenvalue weighted by Crippen LogP contribution is -2.43. The van der Waals surface area contributed by atoms with Gasteiger partial charge in [-0.1, -0.05) is 12.1 Å². The third kappa shape index (κ3) is 5.35. The van der Waals surface area contributed by atoms with Gasteiger partial charge in [-0.05, 0) is 48.4 Å². The molecule has 130 valence electrons. The first-order valence-electron chi connectivity index (χ1n) is 7.61. The third-order valence-corrected chi connectivity index (χ3v) is 3.46. The average Bonchev–Trinajstić information content (AvgIpc) is 2.62. The van der Waals surface area contributed by atoms with E-state index in [1.807, 2.05) is 29.6 Å². The summed E-state index contributed by atoms with van der Waals surface area (Å²) >= 11 is 0. The van der Waals surface area contributed by atoms with Gasteiger partial charge in [-0.15, -0.1) is 0 Å². The van der Waals surface area contributed by atoms with Gasteiger partial charge in [0.25, 0.3) is 5.91 Å². The second kappa shape index (κ2) is 8.49. The molecular weight excluding hydrogens is 322 g/mol. The first-order valence-corrected chi connectivity index (χ1v) is 7.61. The molecule has 7 nitrogen and oxygen atoms in total. The van der Waals surface area contributed by atoms with Crippen LogP contribution in [0.3, 0.4) is 0 Å². The molecule has 2 aromatic rings. The fourth-order valence-corrected chi connectivity index (χ4v) is 2.06. The SMILES string of the molecule is COc1ccc(CCNC(=O)C(=O)NC(=O)c2ccc(N)cc2)cc1. The quantitative estimate of drug-likeness (QED) is 0.553. The second-order valence-electron chi connectivity index (χ2n) is 5.26. The molecule has 0 aliphatic carbocycles. The van der Waals surface area contributed by atoms with Crippen LogP contribution in [-0.4, -0.2) is 31.4 Å². The Morgan fingerprint density at radius 2 is 1.60 bits per heavy atom. The number of ether oxygens (including phenoxy) is 1. The summed E-state index contributed by atoms with van der Waals surface area (Å²) in [6.07, 6.45) is 0.551. The average molecular weight is 341 g/mol. The summed E-state index contributed by atoms with van der Waals surface area (Å²) < 4.78 is 5.06. The van der Waals surface area contributed by atoms with Crippen molar-refractivity contribution in [3.05, 3.63) is 59.7 Å². The number of amides is 3. The van der Waals surface area contributed by atoms with Gasteiger partial charge in [-0.3, -0.25) is 19.7 Å². The van der Waals surface area contributed by atoms with Crippen LogP contribution in [0.4, 0.5) is 5.69 Å². The van der Waals surface area contributed by atoms with Crippen molar-refractivity contribution >= 4 is 23.4 Å². The topological polar surface area (TPSA) is 111 Å². The van der Waals surface area contributed by atoms with E-state index in [0.717, 1.165) is 11.3 Å². The van der Waals surface area contributed by atoms with Crippen molar-refractivity contribution in [1.29, 1.82) is 0 Å². The summed E-state index contributed by atoms with van der Waals surface area (Å²) in [4.78, 5) is 35.3. The van der Waals surface area contributed by atoms with E-state index >= 15 is 0 Å². The summed E-state index contributed by atoms with van der Waals surface area (Å²) in [7, 11) is 1.58. The maximum atomic E-state index is 11.9. The molecule has 0 radical (unpaired) electrons. The zero-order valence-electron chi connectivity index (χ0n) is 13.7. The normalized spacial score (nSPS) is 9.96. The van der Waals surface area contributed by atoms with E-state index in [0.29, 0.717) is 12.1 Å². The fourth-order valence-electron chi connectivity index (χ4n) is 2.06. The molecule has 0 aliphatic heterocycles. The Hall–Kier alpha value is -3.35. The third-order valence-electron chi connectivity index (χ3n) is 3.46. The van der Waals surface area contributed by atoms with Gasteiger partial charge in [0.05, 0.1) is 7.11 Å². The van der Waals surface area contributed by atoms with E-state index in [1.54, 1.807) is 7.11 Å². The molecular formula is C18H19N3O4. The largest absolute Gasteiger partial charge is 0.497 e. The van der Waals surface area contributed by atoms with Crippen molar-refractivity contribution in [2.45, 2.75) is 6.42 Å². The Labute approximate surface area is 145 Å². The number of benzene rings is 2. The first-order chi connectivity index (χ1) is 12.0. The number of nitrogen functional groups attached to an aromatic ring is 1. The molecule has 2 rings (SSSR count). The number of methoxy groups -OCH3 is 1. The minimum atomic E-state index is -1.00. The van der Waals surface area contributed by atoms with Gasteiger partial charge in [0.2, 0.25) is 0 Å². The van der Waals surface area contributed by atoms with E-state index in [-0.39, 0.29) is 12.1 Å². The smallest absolute Gasteiger partial charge is 0.316 e. The zero-order chi connectivity index (χ0) is 18.2. The van der Waals surface area contributed by atoms with Crippen LogP contribution in [0.5, 0.6) is 5.75 Å². The number of carbonyl (C=O) groups is 3. The van der Waals surface area contributed by atoms with Crippen LogP contribution in [0, 0.1) is 0 Å². The highest BCUT2D eigenvalue weighted by Crippen LogP contribution is 2.11. The number of anilines is 1. The molecule has 0 unspecified atom stereocenters. The fraction of sp³-hybridized carbons (Fsp3) is 0.167. The van der Waals surface area contributed by atoms with E-state index in [9.17, 15) is 14.4 Å². The molecule has 0 bridgehead atoms. The van der Waals surface area contributed by atoms with Crippen LogP contribution in [0.1, 0.15) is 15.9 Å². The first kappa shape index (κ1) is 18.0. The lowest BCUT2D eigenvalue weighted by Gasteiger charge is -2.07. The van der Waals surface area contributed by atoms with Gasteiger partial charge in [0.1, 0.15) is 5.75 Å². The summed E-state index contributed by atoms with van der Waals surface area (Å²) in [5.74, 6) is -1.78. The lowest BCUT2D eigenvalue weighted by atomic mass is 10.1. The van der Waals surface area contributed by atoms with E-state index in [2.05, 4.69) is 5.32 Å². The maximum Gasteiger partial charge on any atom is 0.316 e. The van der Waals surface area contributed by atoms with Gasteiger partial charge in [0, 0.05) is 17.8 Å². The van der Waals surface area contributed by atoms with Gasteiger partial charge in [-0.2, -0.15) is 0 Å². The van der Waals surface area contributed by atoms with E-state index in [4.69, 9.17) is 10.5 Å². The number of nitrogens with one attached hydrogen (secondary N) is 2. The Morgan fingerprint density at radius 3 is 2.20 bits per heavy atom. The van der Waals surface area contributed by atoms with Crippen molar-refractivity contribution in [2.24, 2.45) is 0 Å². The van der Waals surface area contributed by atoms with E-state index < -0.39 is 17.7 Å². The van der Waals surface area contributed by atoms with Crippen molar-refractivity contribution in [3.63, 3.8) is 0 Å². The van der Waals surface area contributed by atoms with Gasteiger partial charge in [0.15, 0.2) is 0 Å². The summed E-state index contributed by atoms with van der Waals surface area (Å²) in [6.45, 7) is 0.272. The number of carbonyl (C=O) groups excluding carboxylic acids is 3. The monoisotopic (exact) mass is 341 g/mol. The van der Waals surface area contributed by atoms with Crippen molar-refractivity contribution in [1.82, 2.24) is 10.6 Å². The van der Waals surface area contributed by atoms with Crippen LogP contribution in [0.2, 0.25) is 0 Å². The van der Waals surface area contributed by atoms with Crippen LogP contribution in [-0.2, 0) is 16.0 Å². The number of imide groups is 1. The summed E-state index contributed by atoms with van der Waals surface area (Å²) in [6, 6.07) is 13.4. The molecule has 4 N–H and O–H groups in total. The predicted octanol–water partition coefficient (Wildman–Crippen LogP) is 0.893. The zero-order valence-corrected chi connectivity index (χ0v) is 13.7. The maximum absolute atomic E-state index is 11.9. The molecule has 0 saturated carbocycles. The Balaban J connectivity index is 1.78. The van der Waals surface area contributed by atoms with Crippen LogP contribution < -0.4 is 21.1 Å². The van der Waals surface area contributed by atoms with Crippen molar-refractivity contribution in [3.8, 4) is 5.75 Å². The molecule has 2 aromatic carbocycles. The molecule has 0 aliphatic rings. The van der Waals surface area contributed by atoms with Crippen LogP contribution in [0.15, 0.2) is 48.5 Å². The number of rotatable bonds is 5.